The van der Waals surface area contributed by atoms with E-state index in [4.69, 9.17) is 9.84 Å². The maximum absolute atomic E-state index is 12.9. The Bertz CT molecular complexity index is 1100. The number of anilines is 1. The number of benzene rings is 2. The van der Waals surface area contributed by atoms with Crippen LogP contribution in [0.15, 0.2) is 47.8 Å². The van der Waals surface area contributed by atoms with Gasteiger partial charge in [0.25, 0.3) is 0 Å². The first-order valence-electron chi connectivity index (χ1n) is 8.06. The molecule has 1 aromatic heterocycles. The number of thiazole rings is 1. The lowest BCUT2D eigenvalue weighted by Crippen LogP contribution is -2.48. The Labute approximate surface area is 168 Å². The van der Waals surface area contributed by atoms with Gasteiger partial charge in [0.1, 0.15) is 22.2 Å². The fraction of sp³-hybridized carbons (Fsp3) is 0.0526. The normalized spacial score (nSPS) is 10.8. The van der Waals surface area contributed by atoms with Crippen LogP contribution in [0, 0.1) is 17.7 Å². The van der Waals surface area contributed by atoms with Crippen LogP contribution in [-0.4, -0.2) is 33.6 Å². The molecule has 1 heterocycles. The summed E-state index contributed by atoms with van der Waals surface area (Å²) in [5.74, 6) is 3.99. The number of aromatic carboxylic acids is 1. The molecule has 0 unspecified atom stereocenters. The summed E-state index contributed by atoms with van der Waals surface area (Å²) in [6.07, 6.45) is 0. The minimum atomic E-state index is -1.81. The minimum Gasteiger partial charge on any atom is -0.494 e. The van der Waals surface area contributed by atoms with Gasteiger partial charge in [-0.3, -0.25) is 0 Å². The minimum absolute atomic E-state index is 0.0200. The molecule has 0 amide bonds. The van der Waals surface area contributed by atoms with Gasteiger partial charge in [0, 0.05) is 5.56 Å². The van der Waals surface area contributed by atoms with Gasteiger partial charge >= 0.3 is 11.8 Å². The molecular formula is C19H15FN3O5S+. The largest absolute Gasteiger partial charge is 0.494 e. The van der Waals surface area contributed by atoms with Crippen molar-refractivity contribution >= 4 is 28.8 Å². The van der Waals surface area contributed by atoms with Crippen LogP contribution in [-0.2, 0) is 0 Å². The van der Waals surface area contributed by atoms with Crippen molar-refractivity contribution in [1.29, 1.82) is 0 Å². The van der Waals surface area contributed by atoms with Crippen LogP contribution in [0.5, 0.6) is 5.75 Å². The number of carbonyl (C=O) groups is 1. The number of quaternary nitrogens is 1. The predicted molar refractivity (Wildman–Crippen MR) is 103 cm³/mol. The summed E-state index contributed by atoms with van der Waals surface area (Å²) < 4.78 is 18.0. The zero-order valence-electron chi connectivity index (χ0n) is 15.0. The molecule has 0 fully saturated rings. The van der Waals surface area contributed by atoms with E-state index in [9.17, 15) is 19.6 Å². The first-order valence-corrected chi connectivity index (χ1v) is 8.94. The van der Waals surface area contributed by atoms with Gasteiger partial charge in [0.15, 0.2) is 5.01 Å². The Morgan fingerprint density at radius 1 is 1.21 bits per heavy atom. The van der Waals surface area contributed by atoms with Gasteiger partial charge in [-0.15, -0.1) is 21.8 Å². The summed E-state index contributed by atoms with van der Waals surface area (Å²) in [7, 11) is 1.32. The Morgan fingerprint density at radius 2 is 1.93 bits per heavy atom. The van der Waals surface area contributed by atoms with Crippen molar-refractivity contribution in [2.24, 2.45) is 0 Å². The maximum Gasteiger partial charge on any atom is 0.335 e. The monoisotopic (exact) mass is 416 g/mol. The van der Waals surface area contributed by atoms with Gasteiger partial charge in [0.05, 0.1) is 18.1 Å². The van der Waals surface area contributed by atoms with Crippen molar-refractivity contribution in [2.45, 2.75) is 0 Å². The average Bonchev–Trinajstić information content (AvgIpc) is 3.17. The Hall–Kier alpha value is -3.49. The summed E-state index contributed by atoms with van der Waals surface area (Å²) in [5, 5.41) is 31.4. The van der Waals surface area contributed by atoms with E-state index in [1.807, 2.05) is 0 Å². The zero-order chi connectivity index (χ0) is 21.0. The maximum atomic E-state index is 12.9. The van der Waals surface area contributed by atoms with Crippen molar-refractivity contribution in [2.75, 3.05) is 12.5 Å². The van der Waals surface area contributed by atoms with Gasteiger partial charge in [-0.25, -0.2) is 9.18 Å². The molecule has 0 radical (unpaired) electrons. The number of halogens is 1. The fourth-order valence-corrected chi connectivity index (χ4v) is 2.94. The molecule has 0 aliphatic heterocycles. The average molecular weight is 416 g/mol. The molecule has 0 aliphatic rings. The van der Waals surface area contributed by atoms with Crippen LogP contribution >= 0.6 is 11.3 Å². The first kappa shape index (κ1) is 20.2. The van der Waals surface area contributed by atoms with Crippen molar-refractivity contribution in [1.82, 2.24) is 9.90 Å². The third kappa shape index (κ3) is 4.87. The molecule has 0 saturated heterocycles. The van der Waals surface area contributed by atoms with E-state index < -0.39 is 10.9 Å². The van der Waals surface area contributed by atoms with Crippen molar-refractivity contribution in [3.63, 3.8) is 0 Å². The topological polar surface area (TPSA) is 112 Å². The van der Waals surface area contributed by atoms with Gasteiger partial charge in [0.2, 0.25) is 0 Å². The van der Waals surface area contributed by atoms with E-state index in [0.717, 1.165) is 11.3 Å². The second-order valence-electron chi connectivity index (χ2n) is 5.70. The highest BCUT2D eigenvalue weighted by Gasteiger charge is 2.32. The third-order valence-electron chi connectivity index (χ3n) is 3.69. The van der Waals surface area contributed by atoms with Crippen molar-refractivity contribution < 1.29 is 29.4 Å². The number of carboxylic acid groups (broad SMARTS) is 1. The number of carboxylic acids is 1. The molecule has 4 N–H and O–H groups in total. The van der Waals surface area contributed by atoms with Crippen LogP contribution in [0.4, 0.5) is 15.9 Å². The molecule has 29 heavy (non-hydrogen) atoms. The van der Waals surface area contributed by atoms with Gasteiger partial charge in [-0.2, -0.15) is 10.4 Å². The Morgan fingerprint density at radius 3 is 2.59 bits per heavy atom. The van der Waals surface area contributed by atoms with E-state index in [1.165, 1.54) is 55.0 Å². The van der Waals surface area contributed by atoms with Crippen LogP contribution < -0.4 is 15.1 Å². The Kier molecular flexibility index (Phi) is 5.76. The zero-order valence-corrected chi connectivity index (χ0v) is 15.8. The number of aromatic nitrogens is 1. The summed E-state index contributed by atoms with van der Waals surface area (Å²) in [4.78, 5) is 13.3. The molecular weight excluding hydrogens is 401 g/mol. The van der Waals surface area contributed by atoms with E-state index in [2.05, 4.69) is 22.3 Å². The van der Waals surface area contributed by atoms with Gasteiger partial charge in [-0.1, -0.05) is 5.92 Å². The number of ether oxygens (including phenoxy) is 1. The molecule has 3 rings (SSSR count). The lowest BCUT2D eigenvalue weighted by Gasteiger charge is -2.20. The number of nitrogens with one attached hydrogen (secondary N) is 1. The third-order valence-corrected chi connectivity index (χ3v) is 4.44. The second kappa shape index (κ2) is 8.26. The number of methoxy groups -OCH3 is 1. The highest BCUT2D eigenvalue weighted by Crippen LogP contribution is 2.29. The summed E-state index contributed by atoms with van der Waals surface area (Å²) in [6, 6.07) is 9.47. The van der Waals surface area contributed by atoms with E-state index in [0.29, 0.717) is 10.6 Å². The molecule has 0 atom stereocenters. The van der Waals surface area contributed by atoms with Crippen LogP contribution in [0.3, 0.4) is 0 Å². The van der Waals surface area contributed by atoms with Gasteiger partial charge in [-0.05, 0) is 48.4 Å². The lowest BCUT2D eigenvalue weighted by atomic mass is 10.2. The molecule has 0 spiro atoms. The highest BCUT2D eigenvalue weighted by molar-refractivity contribution is 7.10. The molecule has 148 valence electrons. The quantitative estimate of drug-likeness (QED) is 0.286. The molecule has 0 aliphatic carbocycles. The number of hydrogen-bond donors (Lipinski definition) is 4. The SMILES string of the molecule is COc1cc(C(=O)O)ccc1N[N+](O)(O)c1csc(C#Cc2ccc(F)cc2)n1. The van der Waals surface area contributed by atoms with Gasteiger partial charge < -0.3 is 9.84 Å². The smallest absolute Gasteiger partial charge is 0.335 e. The number of nitrogens with zero attached hydrogens (tertiary/aromatic N) is 2. The van der Waals surface area contributed by atoms with Crippen LogP contribution in [0.1, 0.15) is 20.9 Å². The molecule has 0 saturated carbocycles. The fourth-order valence-electron chi connectivity index (χ4n) is 2.27. The molecule has 0 bridgehead atoms. The second-order valence-corrected chi connectivity index (χ2v) is 6.56. The van der Waals surface area contributed by atoms with E-state index in [-0.39, 0.29) is 28.6 Å². The van der Waals surface area contributed by atoms with Crippen molar-refractivity contribution in [3.8, 4) is 17.6 Å². The molecule has 3 aromatic rings. The number of hydrogen-bond acceptors (Lipinski definition) is 7. The Balaban J connectivity index is 1.80. The molecule has 8 nitrogen and oxygen atoms in total. The number of rotatable bonds is 5. The molecule has 10 heteroatoms. The molecule has 2 aromatic carbocycles. The van der Waals surface area contributed by atoms with Crippen molar-refractivity contribution in [3.05, 3.63) is 69.8 Å². The van der Waals surface area contributed by atoms with Crippen LogP contribution in [0.2, 0.25) is 0 Å². The van der Waals surface area contributed by atoms with Crippen LogP contribution in [0.25, 0.3) is 0 Å². The highest BCUT2D eigenvalue weighted by atomic mass is 32.1. The summed E-state index contributed by atoms with van der Waals surface area (Å²) in [5.41, 5.74) is 3.09. The first-order chi connectivity index (χ1) is 13.8. The van der Waals surface area contributed by atoms with E-state index >= 15 is 0 Å². The predicted octanol–water partition coefficient (Wildman–Crippen LogP) is 3.50. The van der Waals surface area contributed by atoms with E-state index in [1.54, 1.807) is 0 Å². The summed E-state index contributed by atoms with van der Waals surface area (Å²) in [6.45, 7) is 0. The standard InChI is InChI=1S/C19H14FN3O5S/c1-28-16-10-13(19(24)25)5-8-15(16)22-23(26,27)17-11-29-18(21-17)9-4-12-2-6-14(20)7-3-12/h2-3,5-8,10-11,22,26-27H,1H3/p+1. The summed E-state index contributed by atoms with van der Waals surface area (Å²) >= 11 is 1.08. The lowest BCUT2D eigenvalue weighted by molar-refractivity contribution is -0.274.